The van der Waals surface area contributed by atoms with E-state index in [1.165, 1.54) is 33.8 Å². The van der Waals surface area contributed by atoms with Crippen LogP contribution in [0.15, 0.2) is 121 Å². The van der Waals surface area contributed by atoms with Gasteiger partial charge in [0.2, 0.25) is 17.7 Å². The summed E-state index contributed by atoms with van der Waals surface area (Å²) in [7, 11) is 7.64. The van der Waals surface area contributed by atoms with E-state index in [4.69, 9.17) is 23.7 Å². The molecule has 1 aliphatic heterocycles. The molecule has 5 N–H and O–H groups in total. The molecule has 0 spiro atoms. The number of unbranched alkanes of at least 4 members (excludes halogenated alkanes) is 3. The Morgan fingerprint density at radius 1 is 0.776 bits per heavy atom. The average Bonchev–Trinajstić information content (AvgIpc) is 3.67. The number of ether oxygens (including phenoxy) is 5. The van der Waals surface area contributed by atoms with E-state index in [-0.39, 0.29) is 31.9 Å². The number of aryl methyl sites for hydroxylation is 1. The number of fused-ring (bicyclic) bond motifs is 5. The molecule has 5 amide bonds. The molecule has 0 fully saturated rings. The smallest absolute Gasteiger partial charge is 0.407 e. The zero-order valence-corrected chi connectivity index (χ0v) is 51.8. The number of methoxy groups -OCH3 is 3. The lowest BCUT2D eigenvalue weighted by atomic mass is 9.93. The Balaban J connectivity index is 1.50. The summed E-state index contributed by atoms with van der Waals surface area (Å²) in [5.41, 5.74) is 12.0. The molecule has 1 aliphatic rings. The molecule has 1 heterocycles. The molecular weight excluding hydrogens is 1080 g/mol. The van der Waals surface area contributed by atoms with Crippen LogP contribution in [-0.2, 0) is 46.2 Å². The van der Waals surface area contributed by atoms with Gasteiger partial charge in [0, 0.05) is 50.4 Å². The Labute approximate surface area is 502 Å². The number of hydrogen-bond acceptors (Lipinski definition) is 13. The average molecular weight is 1170 g/mol. The van der Waals surface area contributed by atoms with Gasteiger partial charge in [-0.15, -0.1) is 11.5 Å². The zero-order valence-electron chi connectivity index (χ0n) is 51.8. The van der Waals surface area contributed by atoms with Gasteiger partial charge in [-0.25, -0.2) is 9.59 Å². The van der Waals surface area contributed by atoms with Gasteiger partial charge in [0.1, 0.15) is 47.3 Å². The number of amides is 5. The number of carbonyl (C=O) groups excluding carboxylic acids is 6. The SMILES string of the molecule is C=C=C(N[C@H](C)C(=O)N[C@@H](CCCCNC(=O)OC(C)(C)C)C(=C=C)N(C)[C@@H]1C(=O)N[C@@H](C)C(=O)N[C@H](C(=O)OC)Cc2ccc(OC)c(c2)-c2cc1ccc2OC)[C@@H](COCCCC)N(C)C(=O)c1ccc(-c2ccc(CCCC)cc2)cc1. The van der Waals surface area contributed by atoms with Crippen molar-refractivity contribution in [3.63, 3.8) is 0 Å². The largest absolute Gasteiger partial charge is 0.496 e. The molecule has 4 bridgehead atoms. The third kappa shape index (κ3) is 19.1. The fourth-order valence-electron chi connectivity index (χ4n) is 9.95. The lowest BCUT2D eigenvalue weighted by Gasteiger charge is -2.36. The Kier molecular flexibility index (Phi) is 25.9. The zero-order chi connectivity index (χ0) is 62.4. The first-order chi connectivity index (χ1) is 40.6. The van der Waals surface area contributed by atoms with E-state index in [0.717, 1.165) is 43.2 Å². The second kappa shape index (κ2) is 32.7. The summed E-state index contributed by atoms with van der Waals surface area (Å²) in [5.74, 6) is -1.75. The lowest BCUT2D eigenvalue weighted by molar-refractivity contribution is -0.145. The van der Waals surface area contributed by atoms with E-state index in [2.05, 4.69) is 89.3 Å². The summed E-state index contributed by atoms with van der Waals surface area (Å²) in [6, 6.07) is 20.6. The third-order valence-corrected chi connectivity index (χ3v) is 14.8. The third-order valence-electron chi connectivity index (χ3n) is 14.8. The minimum absolute atomic E-state index is 0.0654. The van der Waals surface area contributed by atoms with Crippen molar-refractivity contribution in [1.29, 1.82) is 0 Å². The summed E-state index contributed by atoms with van der Waals surface area (Å²) in [6.45, 7) is 21.6. The molecule has 0 saturated carbocycles. The van der Waals surface area contributed by atoms with Gasteiger partial charge < -0.3 is 60.1 Å². The fraction of sp³-hybridized carbons (Fsp3) is 0.463. The van der Waals surface area contributed by atoms with Crippen molar-refractivity contribution >= 4 is 35.7 Å². The first-order valence-corrected chi connectivity index (χ1v) is 29.3. The summed E-state index contributed by atoms with van der Waals surface area (Å²) in [6.07, 6.45) is 5.67. The Morgan fingerprint density at radius 3 is 2.01 bits per heavy atom. The van der Waals surface area contributed by atoms with Crippen molar-refractivity contribution in [2.24, 2.45) is 0 Å². The molecule has 5 rings (SSSR count). The van der Waals surface area contributed by atoms with Gasteiger partial charge in [0.15, 0.2) is 0 Å². The molecule has 85 heavy (non-hydrogen) atoms. The topological polar surface area (TPSA) is 215 Å². The number of rotatable bonds is 27. The minimum Gasteiger partial charge on any atom is -0.496 e. The van der Waals surface area contributed by atoms with Crippen molar-refractivity contribution < 1.29 is 52.5 Å². The molecule has 0 aromatic heterocycles. The van der Waals surface area contributed by atoms with Crippen LogP contribution in [0.3, 0.4) is 0 Å². The van der Waals surface area contributed by atoms with E-state index in [1.807, 2.05) is 18.2 Å². The number of nitrogens with zero attached hydrogens (tertiary/aromatic N) is 2. The molecule has 18 heteroatoms. The van der Waals surface area contributed by atoms with Crippen LogP contribution >= 0.6 is 0 Å². The summed E-state index contributed by atoms with van der Waals surface area (Å²) < 4.78 is 28.4. The van der Waals surface area contributed by atoms with Crippen LogP contribution in [0.25, 0.3) is 22.3 Å². The first kappa shape index (κ1) is 67.5. The molecule has 4 aromatic rings. The Morgan fingerprint density at radius 2 is 1.41 bits per heavy atom. The van der Waals surface area contributed by atoms with Crippen molar-refractivity contribution in [3.8, 4) is 33.8 Å². The number of likely N-dealkylation sites (N-methyl/N-ethyl adjacent to an activating group) is 2. The van der Waals surface area contributed by atoms with Gasteiger partial charge in [-0.05, 0) is 137 Å². The molecule has 0 saturated heterocycles. The molecular formula is C67H89N7O11. The summed E-state index contributed by atoms with van der Waals surface area (Å²) >= 11 is 0. The molecule has 6 atom stereocenters. The van der Waals surface area contributed by atoms with Crippen molar-refractivity contribution in [3.05, 3.63) is 143 Å². The van der Waals surface area contributed by atoms with Crippen LogP contribution in [0, 0.1) is 0 Å². The van der Waals surface area contributed by atoms with Gasteiger partial charge in [-0.2, -0.15) is 0 Å². The minimum atomic E-state index is -1.21. The Bertz CT molecular complexity index is 3030. The second-order valence-corrected chi connectivity index (χ2v) is 22.3. The molecule has 458 valence electrons. The van der Waals surface area contributed by atoms with Gasteiger partial charge in [-0.3, -0.25) is 19.2 Å². The van der Waals surface area contributed by atoms with Crippen LogP contribution in [0.4, 0.5) is 4.79 Å². The highest BCUT2D eigenvalue weighted by Gasteiger charge is 2.36. The first-order valence-electron chi connectivity index (χ1n) is 29.3. The normalized spacial score (nSPS) is 16.0. The van der Waals surface area contributed by atoms with Crippen LogP contribution in [0.2, 0.25) is 0 Å². The predicted octanol–water partition coefficient (Wildman–Crippen LogP) is 9.52. The van der Waals surface area contributed by atoms with Crippen LogP contribution in [-0.4, -0.2) is 136 Å². The maximum absolute atomic E-state index is 15.0. The number of hydrogen-bond donors (Lipinski definition) is 5. The highest BCUT2D eigenvalue weighted by Crippen LogP contribution is 2.40. The summed E-state index contributed by atoms with van der Waals surface area (Å²) in [4.78, 5) is 87.1. The lowest BCUT2D eigenvalue weighted by Crippen LogP contribution is -2.54. The van der Waals surface area contributed by atoms with Gasteiger partial charge in [0.05, 0.1) is 45.4 Å². The highest BCUT2D eigenvalue weighted by molar-refractivity contribution is 5.95. The molecule has 0 radical (unpaired) electrons. The summed E-state index contributed by atoms with van der Waals surface area (Å²) in [5, 5.41) is 14.9. The molecule has 0 unspecified atom stereocenters. The molecule has 4 aromatic carbocycles. The highest BCUT2D eigenvalue weighted by atomic mass is 16.6. The van der Waals surface area contributed by atoms with Crippen LogP contribution < -0.4 is 36.1 Å². The number of esters is 1. The number of nitrogens with one attached hydrogen (secondary N) is 5. The van der Waals surface area contributed by atoms with Crippen LogP contribution in [0.1, 0.15) is 127 Å². The van der Waals surface area contributed by atoms with Gasteiger partial charge >= 0.3 is 12.1 Å². The van der Waals surface area contributed by atoms with E-state index in [9.17, 15) is 24.0 Å². The maximum Gasteiger partial charge on any atom is 0.407 e. The van der Waals surface area contributed by atoms with Crippen LogP contribution in [0.5, 0.6) is 11.5 Å². The monoisotopic (exact) mass is 1170 g/mol. The van der Waals surface area contributed by atoms with Gasteiger partial charge in [-0.1, -0.05) is 88.4 Å². The van der Waals surface area contributed by atoms with Crippen molar-refractivity contribution in [1.82, 2.24) is 36.4 Å². The fourth-order valence-corrected chi connectivity index (χ4v) is 9.95. The number of alkyl carbamates (subject to hydrolysis) is 1. The van der Waals surface area contributed by atoms with E-state index >= 15 is 4.79 Å². The van der Waals surface area contributed by atoms with Crippen molar-refractivity contribution in [2.75, 3.05) is 55.2 Å². The van der Waals surface area contributed by atoms with E-state index < -0.39 is 71.6 Å². The second-order valence-electron chi connectivity index (χ2n) is 22.3. The number of benzene rings is 4. The molecule has 18 nitrogen and oxygen atoms in total. The quantitative estimate of drug-likeness (QED) is 0.0214. The van der Waals surface area contributed by atoms with E-state index in [0.29, 0.717) is 70.2 Å². The number of carbonyl (C=O) groups is 6. The predicted molar refractivity (Wildman–Crippen MR) is 331 cm³/mol. The van der Waals surface area contributed by atoms with Crippen molar-refractivity contribution in [2.45, 2.75) is 148 Å². The van der Waals surface area contributed by atoms with Gasteiger partial charge in [0.25, 0.3) is 5.91 Å². The molecule has 0 aliphatic carbocycles. The standard InChI is InChI=1S/C67H89N7O11/c1-15-19-23-45-25-28-47(29-26-45)48-30-32-49(33-31-48)64(78)74(11)57(42-84-38-20-16-2)53(17-3)69-43(5)61(75)71-54(24-21-22-37-68-66(80)85-67(7,8)9)56(18-4)73(10)60-50-34-36-59(82-13)52(41-50)51-39-46(27-35-58(51)81-12)40-55(65(79)83-14)72-62(76)44(6)70-63(60)77/h25-36,39,41,43-44,54-55,57,60,69H,3-4,15-16,19-24,37-38,40,42H2,1-2,5-14H3,(H,68,80)(H,70,77)(H,71,75)(H,72,76)/t43-,44+,54+,55+,57-,60+/m1/s1. The maximum atomic E-state index is 15.0. The Hall–Kier alpha value is -8.30. The van der Waals surface area contributed by atoms with E-state index in [1.54, 1.807) is 94.1 Å².